The molecule has 19 heavy (non-hydrogen) atoms. The fourth-order valence-corrected chi connectivity index (χ4v) is 3.78. The number of fused-ring (bicyclic) bond motifs is 1. The minimum Gasteiger partial charge on any atom is -0.310 e. The van der Waals surface area contributed by atoms with Crippen LogP contribution in [-0.4, -0.2) is 6.04 Å². The first kappa shape index (κ1) is 12.9. The standard InChI is InChI=1S/C16H17NS2/c1-11(2)17-10-14-4-6-16(19-14)12-3-5-15-13(9-12)7-8-18-15/h3-9,11,17H,10H2,1-2H3. The van der Waals surface area contributed by atoms with Crippen molar-refractivity contribution >= 4 is 32.8 Å². The Morgan fingerprint density at radius 2 is 2.00 bits per heavy atom. The van der Waals surface area contributed by atoms with Crippen molar-refractivity contribution in [3.63, 3.8) is 0 Å². The van der Waals surface area contributed by atoms with E-state index in [2.05, 4.69) is 60.9 Å². The van der Waals surface area contributed by atoms with Crippen LogP contribution in [0.5, 0.6) is 0 Å². The molecular weight excluding hydrogens is 270 g/mol. The second-order valence-corrected chi connectivity index (χ2v) is 7.09. The molecule has 0 atom stereocenters. The predicted molar refractivity (Wildman–Crippen MR) is 87.1 cm³/mol. The number of nitrogens with one attached hydrogen (secondary N) is 1. The van der Waals surface area contributed by atoms with Crippen LogP contribution in [0.3, 0.4) is 0 Å². The number of benzene rings is 1. The first-order chi connectivity index (χ1) is 9.22. The lowest BCUT2D eigenvalue weighted by molar-refractivity contribution is 0.593. The molecule has 3 aromatic rings. The molecule has 0 aliphatic rings. The lowest BCUT2D eigenvalue weighted by Gasteiger charge is -2.05. The molecule has 2 aromatic heterocycles. The fraction of sp³-hybridized carbons (Fsp3) is 0.250. The topological polar surface area (TPSA) is 12.0 Å². The molecule has 0 spiro atoms. The summed E-state index contributed by atoms with van der Waals surface area (Å²) in [5.74, 6) is 0. The maximum absolute atomic E-state index is 3.46. The first-order valence-electron chi connectivity index (χ1n) is 6.52. The van der Waals surface area contributed by atoms with E-state index in [1.807, 2.05) is 11.3 Å². The third kappa shape index (κ3) is 2.89. The van der Waals surface area contributed by atoms with Crippen LogP contribution in [0, 0.1) is 0 Å². The average Bonchev–Trinajstić information content (AvgIpc) is 3.04. The van der Waals surface area contributed by atoms with E-state index in [1.54, 1.807) is 11.3 Å². The zero-order valence-corrected chi connectivity index (χ0v) is 12.8. The van der Waals surface area contributed by atoms with Gasteiger partial charge in [-0.3, -0.25) is 0 Å². The molecule has 2 heterocycles. The number of hydrogen-bond donors (Lipinski definition) is 1. The van der Waals surface area contributed by atoms with Crippen molar-refractivity contribution in [3.8, 4) is 10.4 Å². The van der Waals surface area contributed by atoms with Crippen molar-refractivity contribution in [2.75, 3.05) is 0 Å². The zero-order valence-electron chi connectivity index (χ0n) is 11.1. The maximum Gasteiger partial charge on any atom is 0.0346 e. The Morgan fingerprint density at radius 3 is 2.84 bits per heavy atom. The van der Waals surface area contributed by atoms with Gasteiger partial charge in [0.2, 0.25) is 0 Å². The molecular formula is C16H17NS2. The van der Waals surface area contributed by atoms with Crippen molar-refractivity contribution < 1.29 is 0 Å². The Balaban J connectivity index is 1.85. The van der Waals surface area contributed by atoms with Gasteiger partial charge in [0, 0.05) is 27.0 Å². The molecule has 0 saturated carbocycles. The van der Waals surface area contributed by atoms with E-state index >= 15 is 0 Å². The summed E-state index contributed by atoms with van der Waals surface area (Å²) in [6.45, 7) is 5.32. The number of rotatable bonds is 4. The molecule has 0 aliphatic carbocycles. The van der Waals surface area contributed by atoms with Crippen molar-refractivity contribution in [2.45, 2.75) is 26.4 Å². The van der Waals surface area contributed by atoms with E-state index in [0.29, 0.717) is 6.04 Å². The summed E-state index contributed by atoms with van der Waals surface area (Å²) in [7, 11) is 0. The Hall–Kier alpha value is -1.16. The highest BCUT2D eigenvalue weighted by Gasteiger charge is 2.05. The normalized spacial score (nSPS) is 11.5. The first-order valence-corrected chi connectivity index (χ1v) is 8.22. The fourth-order valence-electron chi connectivity index (χ4n) is 2.05. The van der Waals surface area contributed by atoms with E-state index in [1.165, 1.54) is 25.4 Å². The minimum atomic E-state index is 0.535. The molecule has 3 heteroatoms. The Kier molecular flexibility index (Phi) is 3.69. The van der Waals surface area contributed by atoms with Crippen LogP contribution in [0.2, 0.25) is 0 Å². The van der Waals surface area contributed by atoms with Crippen molar-refractivity contribution in [1.82, 2.24) is 5.32 Å². The highest BCUT2D eigenvalue weighted by atomic mass is 32.1. The van der Waals surface area contributed by atoms with Crippen LogP contribution in [-0.2, 0) is 6.54 Å². The second-order valence-electron chi connectivity index (χ2n) is 4.97. The minimum absolute atomic E-state index is 0.535. The van der Waals surface area contributed by atoms with E-state index in [-0.39, 0.29) is 0 Å². The molecule has 1 N–H and O–H groups in total. The van der Waals surface area contributed by atoms with Gasteiger partial charge in [-0.25, -0.2) is 0 Å². The predicted octanol–water partition coefficient (Wildman–Crippen LogP) is 5.13. The largest absolute Gasteiger partial charge is 0.310 e. The second kappa shape index (κ2) is 5.45. The van der Waals surface area contributed by atoms with Gasteiger partial charge >= 0.3 is 0 Å². The summed E-state index contributed by atoms with van der Waals surface area (Å²) in [5, 5.41) is 6.96. The van der Waals surface area contributed by atoms with E-state index in [9.17, 15) is 0 Å². The zero-order chi connectivity index (χ0) is 13.2. The van der Waals surface area contributed by atoms with E-state index in [0.717, 1.165) is 6.54 Å². The van der Waals surface area contributed by atoms with Gasteiger partial charge in [0.15, 0.2) is 0 Å². The van der Waals surface area contributed by atoms with Crippen LogP contribution in [0.4, 0.5) is 0 Å². The van der Waals surface area contributed by atoms with Crippen LogP contribution < -0.4 is 5.32 Å². The maximum atomic E-state index is 3.46. The molecule has 1 nitrogen and oxygen atoms in total. The molecule has 98 valence electrons. The summed E-state index contributed by atoms with van der Waals surface area (Å²) < 4.78 is 1.36. The molecule has 1 aromatic carbocycles. The summed E-state index contributed by atoms with van der Waals surface area (Å²) in [6.07, 6.45) is 0. The lowest BCUT2D eigenvalue weighted by atomic mass is 10.1. The monoisotopic (exact) mass is 287 g/mol. The Labute approximate surface area is 121 Å². The molecule has 0 bridgehead atoms. The summed E-state index contributed by atoms with van der Waals surface area (Å²) in [6, 6.07) is 13.9. The van der Waals surface area contributed by atoms with E-state index in [4.69, 9.17) is 0 Å². The van der Waals surface area contributed by atoms with Gasteiger partial charge < -0.3 is 5.32 Å². The number of hydrogen-bond acceptors (Lipinski definition) is 3. The summed E-state index contributed by atoms with van der Waals surface area (Å²) >= 11 is 3.68. The van der Waals surface area contributed by atoms with Gasteiger partial charge in [0.05, 0.1) is 0 Å². The lowest BCUT2D eigenvalue weighted by Crippen LogP contribution is -2.21. The van der Waals surface area contributed by atoms with Crippen molar-refractivity contribution in [2.24, 2.45) is 0 Å². The van der Waals surface area contributed by atoms with Gasteiger partial charge in [-0.2, -0.15) is 0 Å². The third-order valence-electron chi connectivity index (χ3n) is 3.08. The van der Waals surface area contributed by atoms with Crippen LogP contribution in [0.25, 0.3) is 20.5 Å². The van der Waals surface area contributed by atoms with Crippen LogP contribution in [0.15, 0.2) is 41.8 Å². The Bertz CT molecular complexity index is 679. The van der Waals surface area contributed by atoms with Crippen molar-refractivity contribution in [1.29, 1.82) is 0 Å². The van der Waals surface area contributed by atoms with Gasteiger partial charge in [0.25, 0.3) is 0 Å². The summed E-state index contributed by atoms with van der Waals surface area (Å²) in [4.78, 5) is 2.75. The highest BCUT2D eigenvalue weighted by Crippen LogP contribution is 2.31. The third-order valence-corrected chi connectivity index (χ3v) is 5.12. The highest BCUT2D eigenvalue weighted by molar-refractivity contribution is 7.17. The SMILES string of the molecule is CC(C)NCc1ccc(-c2ccc3sccc3c2)s1. The Morgan fingerprint density at radius 1 is 1.11 bits per heavy atom. The van der Waals surface area contributed by atoms with Crippen LogP contribution in [0.1, 0.15) is 18.7 Å². The van der Waals surface area contributed by atoms with E-state index < -0.39 is 0 Å². The van der Waals surface area contributed by atoms with Crippen LogP contribution >= 0.6 is 22.7 Å². The van der Waals surface area contributed by atoms with Gasteiger partial charge in [-0.1, -0.05) is 19.9 Å². The molecule has 0 aliphatic heterocycles. The molecule has 0 radical (unpaired) electrons. The number of thiophene rings is 2. The summed E-state index contributed by atoms with van der Waals surface area (Å²) in [5.41, 5.74) is 1.33. The average molecular weight is 287 g/mol. The molecule has 0 fully saturated rings. The molecule has 3 rings (SSSR count). The van der Waals surface area contributed by atoms with Crippen molar-refractivity contribution in [3.05, 3.63) is 46.7 Å². The van der Waals surface area contributed by atoms with Gasteiger partial charge in [-0.05, 0) is 46.7 Å². The van der Waals surface area contributed by atoms with Gasteiger partial charge in [0.1, 0.15) is 0 Å². The quantitative estimate of drug-likeness (QED) is 0.701. The molecule has 0 unspecified atom stereocenters. The van der Waals surface area contributed by atoms with Gasteiger partial charge in [-0.15, -0.1) is 22.7 Å². The molecule has 0 amide bonds. The molecule has 0 saturated heterocycles. The smallest absolute Gasteiger partial charge is 0.0346 e.